The molecule has 2 aliphatic heterocycles. The third-order valence-electron chi connectivity index (χ3n) is 5.56. The lowest BCUT2D eigenvalue weighted by Gasteiger charge is -2.36. The van der Waals surface area contributed by atoms with Gasteiger partial charge in [0.1, 0.15) is 11.6 Å². The highest BCUT2D eigenvalue weighted by Crippen LogP contribution is 2.39. The number of hydrogen-bond acceptors (Lipinski definition) is 6. The van der Waals surface area contributed by atoms with E-state index < -0.39 is 0 Å². The van der Waals surface area contributed by atoms with Gasteiger partial charge in [0.25, 0.3) is 11.8 Å². The number of hydrogen-bond donors (Lipinski definition) is 0. The molecule has 158 valence electrons. The molecule has 31 heavy (non-hydrogen) atoms. The number of nitrogens with zero attached hydrogens (tertiary/aromatic N) is 6. The van der Waals surface area contributed by atoms with Crippen LogP contribution in [0.5, 0.6) is 0 Å². The Kier molecular flexibility index (Phi) is 4.66. The monoisotopic (exact) mass is 438 g/mol. The summed E-state index contributed by atoms with van der Waals surface area (Å²) in [7, 11) is 0. The Balaban J connectivity index is 1.58. The normalized spacial score (nSPS) is 18.0. The maximum atomic E-state index is 13.3. The van der Waals surface area contributed by atoms with Crippen molar-refractivity contribution in [1.82, 2.24) is 23.8 Å². The summed E-state index contributed by atoms with van der Waals surface area (Å²) in [5, 5.41) is 0.676. The number of amides is 2. The van der Waals surface area contributed by atoms with E-state index in [0.29, 0.717) is 47.7 Å². The predicted molar refractivity (Wildman–Crippen MR) is 113 cm³/mol. The molecule has 8 nitrogen and oxygen atoms in total. The minimum absolute atomic E-state index is 0.143. The van der Waals surface area contributed by atoms with Gasteiger partial charge in [0.05, 0.1) is 11.7 Å². The number of carbonyl (C=O) groups is 2. The van der Waals surface area contributed by atoms with Gasteiger partial charge in [0.15, 0.2) is 16.6 Å². The molecule has 0 aliphatic carbocycles. The molecule has 2 aromatic heterocycles. The number of aryl methyl sites for hydroxylation is 1. The van der Waals surface area contributed by atoms with Gasteiger partial charge in [-0.3, -0.25) is 14.5 Å². The molecule has 3 aromatic rings. The molecular formula is C21H19FN6O2S. The van der Waals surface area contributed by atoms with Crippen LogP contribution in [0.15, 0.2) is 36.4 Å². The molecule has 0 bridgehead atoms. The zero-order valence-corrected chi connectivity index (χ0v) is 17.8. The van der Waals surface area contributed by atoms with Crippen LogP contribution < -0.4 is 4.90 Å². The van der Waals surface area contributed by atoms with Gasteiger partial charge in [-0.1, -0.05) is 6.08 Å². The molecule has 0 N–H and O–H groups in total. The van der Waals surface area contributed by atoms with Crippen LogP contribution in [0.1, 0.15) is 34.8 Å². The highest BCUT2D eigenvalue weighted by Gasteiger charge is 2.37. The number of carbonyl (C=O) groups excluding carboxylic acids is 2. The van der Waals surface area contributed by atoms with Crippen LogP contribution in [0.25, 0.3) is 10.8 Å². The van der Waals surface area contributed by atoms with Crippen molar-refractivity contribution >= 4 is 29.2 Å². The first kappa shape index (κ1) is 19.6. The molecule has 2 amide bonds. The first-order valence-corrected chi connectivity index (χ1v) is 10.7. The Labute approximate surface area is 181 Å². The standard InChI is InChI=1S/C21H19FN6O2S/c1-12-17-18(27-9-3-4-16(27)29)24-19(20-23-13(2)25-31-20)28(17)11-10-26(12)21(30)14-5-7-15(22)8-6-14/h3-8,12H,9-11H2,1-2H3. The number of benzene rings is 1. The first-order valence-electron chi connectivity index (χ1n) is 9.89. The molecule has 0 fully saturated rings. The van der Waals surface area contributed by atoms with E-state index in [9.17, 15) is 14.0 Å². The largest absolute Gasteiger partial charge is 0.328 e. The molecule has 4 heterocycles. The summed E-state index contributed by atoms with van der Waals surface area (Å²) < 4.78 is 19.6. The number of halogens is 1. The summed E-state index contributed by atoms with van der Waals surface area (Å²) in [6.07, 6.45) is 3.31. The zero-order chi connectivity index (χ0) is 21.7. The van der Waals surface area contributed by atoms with Crippen LogP contribution in [0.2, 0.25) is 0 Å². The summed E-state index contributed by atoms with van der Waals surface area (Å²) >= 11 is 1.26. The molecule has 0 radical (unpaired) electrons. The number of imidazole rings is 1. The van der Waals surface area contributed by atoms with Gasteiger partial charge in [0, 0.05) is 31.3 Å². The van der Waals surface area contributed by atoms with E-state index in [4.69, 9.17) is 4.98 Å². The highest BCUT2D eigenvalue weighted by molar-refractivity contribution is 7.09. The van der Waals surface area contributed by atoms with Crippen LogP contribution >= 0.6 is 11.5 Å². The summed E-state index contributed by atoms with van der Waals surface area (Å²) in [5.41, 5.74) is 1.20. The average molecular weight is 438 g/mol. The number of fused-ring (bicyclic) bond motifs is 1. The minimum atomic E-state index is -0.388. The maximum absolute atomic E-state index is 13.3. The summed E-state index contributed by atoms with van der Waals surface area (Å²) in [4.78, 5) is 38.2. The topological polar surface area (TPSA) is 84.2 Å². The molecule has 2 aliphatic rings. The van der Waals surface area contributed by atoms with Gasteiger partial charge >= 0.3 is 0 Å². The van der Waals surface area contributed by atoms with E-state index in [1.165, 1.54) is 41.9 Å². The van der Waals surface area contributed by atoms with Gasteiger partial charge in [-0.15, -0.1) is 0 Å². The smallest absolute Gasteiger partial charge is 0.254 e. The van der Waals surface area contributed by atoms with Crippen molar-refractivity contribution in [2.45, 2.75) is 26.4 Å². The fourth-order valence-corrected chi connectivity index (χ4v) is 4.73. The fraction of sp³-hybridized carbons (Fsp3) is 0.286. The molecule has 10 heteroatoms. The minimum Gasteiger partial charge on any atom is -0.328 e. The Bertz CT molecular complexity index is 1220. The third kappa shape index (κ3) is 3.23. The Morgan fingerprint density at radius 2 is 1.97 bits per heavy atom. The van der Waals surface area contributed by atoms with Crippen molar-refractivity contribution in [2.24, 2.45) is 0 Å². The number of anilines is 1. The molecule has 0 saturated heterocycles. The van der Waals surface area contributed by atoms with E-state index in [1.807, 2.05) is 18.4 Å². The van der Waals surface area contributed by atoms with Crippen molar-refractivity contribution in [2.75, 3.05) is 18.0 Å². The second-order valence-electron chi connectivity index (χ2n) is 7.48. The molecular weight excluding hydrogens is 419 g/mol. The van der Waals surface area contributed by atoms with Gasteiger partial charge in [-0.05, 0) is 49.6 Å². The lowest BCUT2D eigenvalue weighted by molar-refractivity contribution is -0.113. The molecule has 0 spiro atoms. The SMILES string of the molecule is Cc1nsc(-c2nc(N3CC=CC3=O)c3n2CCN(C(=O)c2ccc(F)cc2)C3C)n1. The number of rotatable bonds is 3. The lowest BCUT2D eigenvalue weighted by atomic mass is 10.1. The first-order chi connectivity index (χ1) is 14.9. The summed E-state index contributed by atoms with van der Waals surface area (Å²) in [6, 6.07) is 5.19. The van der Waals surface area contributed by atoms with Gasteiger partial charge in [-0.25, -0.2) is 14.4 Å². The molecule has 1 aromatic carbocycles. The Morgan fingerprint density at radius 1 is 1.19 bits per heavy atom. The van der Waals surface area contributed by atoms with E-state index in [-0.39, 0.29) is 23.7 Å². The fourth-order valence-electron chi connectivity index (χ4n) is 4.06. The third-order valence-corrected chi connectivity index (χ3v) is 6.36. The van der Waals surface area contributed by atoms with Gasteiger partial charge in [0.2, 0.25) is 0 Å². The van der Waals surface area contributed by atoms with E-state index in [2.05, 4.69) is 9.36 Å². The second kappa shape index (κ2) is 7.38. The van der Waals surface area contributed by atoms with Crippen LogP contribution in [0.3, 0.4) is 0 Å². The van der Waals surface area contributed by atoms with Crippen molar-refractivity contribution in [3.05, 3.63) is 59.3 Å². The lowest BCUT2D eigenvalue weighted by Crippen LogP contribution is -2.42. The van der Waals surface area contributed by atoms with Crippen LogP contribution in [-0.4, -0.2) is 48.7 Å². The van der Waals surface area contributed by atoms with Crippen molar-refractivity contribution in [1.29, 1.82) is 0 Å². The van der Waals surface area contributed by atoms with Crippen molar-refractivity contribution in [3.63, 3.8) is 0 Å². The van der Waals surface area contributed by atoms with E-state index in [0.717, 1.165) is 5.69 Å². The number of aromatic nitrogens is 4. The maximum Gasteiger partial charge on any atom is 0.254 e. The predicted octanol–water partition coefficient (Wildman–Crippen LogP) is 2.97. The molecule has 1 unspecified atom stereocenters. The Morgan fingerprint density at radius 3 is 2.61 bits per heavy atom. The molecule has 1 atom stereocenters. The Hall–Kier alpha value is -3.40. The van der Waals surface area contributed by atoms with E-state index in [1.54, 1.807) is 15.9 Å². The van der Waals surface area contributed by atoms with Crippen LogP contribution in [0, 0.1) is 12.7 Å². The summed E-state index contributed by atoms with van der Waals surface area (Å²) in [6.45, 7) is 5.12. The van der Waals surface area contributed by atoms with Crippen molar-refractivity contribution < 1.29 is 14.0 Å². The molecule has 5 rings (SSSR count). The quantitative estimate of drug-likeness (QED) is 0.628. The second-order valence-corrected chi connectivity index (χ2v) is 8.23. The van der Waals surface area contributed by atoms with Gasteiger partial charge in [-0.2, -0.15) is 4.37 Å². The van der Waals surface area contributed by atoms with Crippen molar-refractivity contribution in [3.8, 4) is 10.8 Å². The van der Waals surface area contributed by atoms with Gasteiger partial charge < -0.3 is 9.47 Å². The molecule has 0 saturated carbocycles. The van der Waals surface area contributed by atoms with E-state index >= 15 is 0 Å². The van der Waals surface area contributed by atoms with Crippen LogP contribution in [-0.2, 0) is 11.3 Å². The zero-order valence-electron chi connectivity index (χ0n) is 16.9. The highest BCUT2D eigenvalue weighted by atomic mass is 32.1. The summed E-state index contributed by atoms with van der Waals surface area (Å²) in [5.74, 6) is 1.12. The van der Waals surface area contributed by atoms with Crippen LogP contribution in [0.4, 0.5) is 10.2 Å². The average Bonchev–Trinajstić information content (AvgIpc) is 3.46.